The molecule has 1 aromatic rings. The van der Waals surface area contributed by atoms with Crippen molar-refractivity contribution >= 4 is 10.0 Å². The molecule has 1 rings (SSSR count). The highest BCUT2D eigenvalue weighted by Crippen LogP contribution is 2.21. The molecule has 0 aromatic heterocycles. The van der Waals surface area contributed by atoms with E-state index in [2.05, 4.69) is 0 Å². The molecule has 0 spiro atoms. The molecule has 1 aromatic carbocycles. The summed E-state index contributed by atoms with van der Waals surface area (Å²) >= 11 is 0. The third-order valence-corrected chi connectivity index (χ3v) is 4.61. The fourth-order valence-electron chi connectivity index (χ4n) is 1.28. The van der Waals surface area contributed by atoms with Gasteiger partial charge >= 0.3 is 0 Å². The van der Waals surface area contributed by atoms with Crippen LogP contribution in [0.25, 0.3) is 0 Å². The summed E-state index contributed by atoms with van der Waals surface area (Å²) in [6.07, 6.45) is 0. The normalized spacial score (nSPS) is 12.4. The van der Waals surface area contributed by atoms with Crippen LogP contribution in [0.2, 0.25) is 0 Å². The number of aliphatic hydroxyl groups excluding tert-OH is 1. The van der Waals surface area contributed by atoms with Gasteiger partial charge in [-0.05, 0) is 31.5 Å². The topological polar surface area (TPSA) is 57.6 Å². The smallest absolute Gasteiger partial charge is 0.245 e. The van der Waals surface area contributed by atoms with E-state index in [4.69, 9.17) is 5.11 Å². The van der Waals surface area contributed by atoms with Crippen LogP contribution in [0.3, 0.4) is 0 Å². The maximum absolute atomic E-state index is 13.5. The summed E-state index contributed by atoms with van der Waals surface area (Å²) in [5.41, 5.74) is 0.363. The van der Waals surface area contributed by atoms with Crippen molar-refractivity contribution in [2.45, 2.75) is 31.4 Å². The molecule has 0 atom stereocenters. The Labute approximate surface area is 101 Å². The van der Waals surface area contributed by atoms with Crippen LogP contribution in [0.15, 0.2) is 23.1 Å². The van der Waals surface area contributed by atoms with E-state index >= 15 is 0 Å². The average Bonchev–Trinajstić information content (AvgIpc) is 2.28. The number of rotatable bonds is 4. The molecule has 0 amide bonds. The molecular formula is C11H16FNO3S. The van der Waals surface area contributed by atoms with Gasteiger partial charge in [0.2, 0.25) is 10.0 Å². The number of aliphatic hydroxyl groups is 1. The van der Waals surface area contributed by atoms with Gasteiger partial charge in [-0.2, -0.15) is 4.31 Å². The van der Waals surface area contributed by atoms with Crippen LogP contribution >= 0.6 is 0 Å². The average molecular weight is 261 g/mol. The number of hydrogen-bond donors (Lipinski definition) is 1. The van der Waals surface area contributed by atoms with Gasteiger partial charge in [-0.3, -0.25) is 0 Å². The van der Waals surface area contributed by atoms with E-state index in [-0.39, 0.29) is 12.6 Å². The van der Waals surface area contributed by atoms with Crippen molar-refractivity contribution < 1.29 is 17.9 Å². The Balaban J connectivity index is 3.32. The van der Waals surface area contributed by atoms with Crippen molar-refractivity contribution in [3.05, 3.63) is 29.6 Å². The van der Waals surface area contributed by atoms with E-state index in [0.29, 0.717) is 5.56 Å². The van der Waals surface area contributed by atoms with Crippen LogP contribution in [0.5, 0.6) is 0 Å². The van der Waals surface area contributed by atoms with Gasteiger partial charge in [0.1, 0.15) is 10.7 Å². The van der Waals surface area contributed by atoms with Gasteiger partial charge in [0.05, 0.1) is 6.61 Å². The highest BCUT2D eigenvalue weighted by Gasteiger charge is 2.26. The highest BCUT2D eigenvalue weighted by atomic mass is 32.2. The molecule has 0 aliphatic carbocycles. The van der Waals surface area contributed by atoms with Crippen LogP contribution in [-0.4, -0.2) is 30.9 Å². The zero-order chi connectivity index (χ0) is 13.2. The third kappa shape index (κ3) is 2.83. The first-order valence-corrected chi connectivity index (χ1v) is 6.62. The maximum Gasteiger partial charge on any atom is 0.245 e. The maximum atomic E-state index is 13.5. The molecular weight excluding hydrogens is 245 g/mol. The van der Waals surface area contributed by atoms with Gasteiger partial charge in [0.15, 0.2) is 0 Å². The van der Waals surface area contributed by atoms with Gasteiger partial charge in [0.25, 0.3) is 0 Å². The predicted molar refractivity (Wildman–Crippen MR) is 62.4 cm³/mol. The van der Waals surface area contributed by atoms with Gasteiger partial charge in [-0.1, -0.05) is 6.07 Å². The lowest BCUT2D eigenvalue weighted by molar-refractivity contribution is 0.281. The van der Waals surface area contributed by atoms with E-state index in [9.17, 15) is 12.8 Å². The quantitative estimate of drug-likeness (QED) is 0.890. The number of nitrogens with zero attached hydrogens (tertiary/aromatic N) is 1. The Morgan fingerprint density at radius 3 is 2.47 bits per heavy atom. The minimum atomic E-state index is -3.85. The number of halogens is 1. The minimum absolute atomic E-state index is 0.266. The lowest BCUT2D eigenvalue weighted by atomic mass is 10.2. The first kappa shape index (κ1) is 14.1. The van der Waals surface area contributed by atoms with Crippen LogP contribution in [0.4, 0.5) is 4.39 Å². The molecule has 0 bridgehead atoms. The van der Waals surface area contributed by atoms with Crippen molar-refractivity contribution in [2.75, 3.05) is 7.05 Å². The largest absolute Gasteiger partial charge is 0.392 e. The van der Waals surface area contributed by atoms with Crippen molar-refractivity contribution in [3.63, 3.8) is 0 Å². The predicted octanol–water partition coefficient (Wildman–Crippen LogP) is 1.35. The van der Waals surface area contributed by atoms with E-state index in [1.807, 2.05) is 0 Å². The molecule has 0 fully saturated rings. The van der Waals surface area contributed by atoms with Crippen molar-refractivity contribution in [3.8, 4) is 0 Å². The standard InChI is InChI=1S/C11H16FNO3S/c1-8(2)13(3)17(15,16)11-6-9(7-14)4-5-10(11)12/h4-6,8,14H,7H2,1-3H3. The fourth-order valence-corrected chi connectivity index (χ4v) is 2.76. The summed E-state index contributed by atoms with van der Waals surface area (Å²) in [4.78, 5) is -0.403. The molecule has 0 saturated heterocycles. The Morgan fingerprint density at radius 2 is 2.00 bits per heavy atom. The summed E-state index contributed by atoms with van der Waals surface area (Å²) < 4.78 is 38.8. The van der Waals surface area contributed by atoms with Crippen molar-refractivity contribution in [1.29, 1.82) is 0 Å². The van der Waals surface area contributed by atoms with Gasteiger partial charge in [-0.15, -0.1) is 0 Å². The SMILES string of the molecule is CC(C)N(C)S(=O)(=O)c1cc(CO)ccc1F. The van der Waals surface area contributed by atoms with E-state index in [1.54, 1.807) is 13.8 Å². The van der Waals surface area contributed by atoms with Gasteiger partial charge in [-0.25, -0.2) is 12.8 Å². The Hall–Kier alpha value is -0.980. The van der Waals surface area contributed by atoms with Gasteiger partial charge < -0.3 is 5.11 Å². The second kappa shape index (κ2) is 5.12. The highest BCUT2D eigenvalue weighted by molar-refractivity contribution is 7.89. The molecule has 0 radical (unpaired) electrons. The second-order valence-electron chi connectivity index (χ2n) is 4.04. The number of sulfonamides is 1. The zero-order valence-electron chi connectivity index (χ0n) is 10.0. The fraction of sp³-hybridized carbons (Fsp3) is 0.455. The first-order valence-electron chi connectivity index (χ1n) is 5.18. The van der Waals surface area contributed by atoms with Crippen LogP contribution in [0.1, 0.15) is 19.4 Å². The van der Waals surface area contributed by atoms with E-state index in [1.165, 1.54) is 13.1 Å². The first-order chi connectivity index (χ1) is 7.80. The molecule has 96 valence electrons. The lowest BCUT2D eigenvalue weighted by Gasteiger charge is -2.21. The molecule has 0 unspecified atom stereocenters. The summed E-state index contributed by atoms with van der Waals surface area (Å²) in [7, 11) is -2.46. The van der Waals surface area contributed by atoms with Crippen LogP contribution in [0, 0.1) is 5.82 Å². The van der Waals surface area contributed by atoms with E-state index in [0.717, 1.165) is 16.4 Å². The molecule has 0 aliphatic heterocycles. The minimum Gasteiger partial charge on any atom is -0.392 e. The summed E-state index contributed by atoms with van der Waals surface area (Å²) in [6.45, 7) is 3.07. The molecule has 17 heavy (non-hydrogen) atoms. The lowest BCUT2D eigenvalue weighted by Crippen LogP contribution is -2.33. The Kier molecular flexibility index (Phi) is 4.24. The van der Waals surface area contributed by atoms with Crippen LogP contribution < -0.4 is 0 Å². The molecule has 0 saturated carbocycles. The third-order valence-electron chi connectivity index (χ3n) is 2.56. The molecule has 1 N–H and O–H groups in total. The second-order valence-corrected chi connectivity index (χ2v) is 6.00. The van der Waals surface area contributed by atoms with Crippen molar-refractivity contribution in [2.24, 2.45) is 0 Å². The summed E-state index contributed by atoms with van der Waals surface area (Å²) in [5.74, 6) is -0.810. The summed E-state index contributed by atoms with van der Waals surface area (Å²) in [6, 6.07) is 3.29. The van der Waals surface area contributed by atoms with Crippen molar-refractivity contribution in [1.82, 2.24) is 4.31 Å². The number of benzene rings is 1. The molecule has 0 aliphatic rings. The molecule has 0 heterocycles. The molecule has 6 heteroatoms. The summed E-state index contributed by atoms with van der Waals surface area (Å²) in [5, 5.41) is 8.94. The van der Waals surface area contributed by atoms with E-state index < -0.39 is 20.7 Å². The zero-order valence-corrected chi connectivity index (χ0v) is 10.8. The number of hydrogen-bond acceptors (Lipinski definition) is 3. The Bertz CT molecular complexity index is 499. The Morgan fingerprint density at radius 1 is 1.41 bits per heavy atom. The monoisotopic (exact) mass is 261 g/mol. The van der Waals surface area contributed by atoms with Gasteiger partial charge in [0, 0.05) is 13.1 Å². The molecule has 4 nitrogen and oxygen atoms in total. The van der Waals surface area contributed by atoms with Crippen LogP contribution in [-0.2, 0) is 16.6 Å².